The van der Waals surface area contributed by atoms with Crippen molar-refractivity contribution < 1.29 is 9.47 Å². The number of aromatic nitrogens is 4. The maximum atomic E-state index is 5.48. The van der Waals surface area contributed by atoms with Gasteiger partial charge in [0.15, 0.2) is 17.3 Å². The molecule has 1 N–H and O–H groups in total. The largest absolute Gasteiger partial charge is 0.493 e. The van der Waals surface area contributed by atoms with Crippen LogP contribution in [0.25, 0.3) is 5.69 Å². The lowest BCUT2D eigenvalue weighted by molar-refractivity contribution is 0.355. The molecule has 0 aliphatic heterocycles. The van der Waals surface area contributed by atoms with Gasteiger partial charge in [0, 0.05) is 11.8 Å². The standard InChI is InChI=1S/C23H29N5O2/c1-16(2)17-7-10-19(11-8-17)28-22(25-26-27-28)23(13-5-6-14-23)24-18-9-12-20(29-3)21(15-18)30-4/h7-12,15-16,24H,5-6,13-14H2,1-4H3. The number of anilines is 1. The van der Waals surface area contributed by atoms with E-state index < -0.39 is 0 Å². The van der Waals surface area contributed by atoms with Crippen molar-refractivity contribution in [2.24, 2.45) is 0 Å². The van der Waals surface area contributed by atoms with Crippen LogP contribution in [0.2, 0.25) is 0 Å². The van der Waals surface area contributed by atoms with E-state index >= 15 is 0 Å². The van der Waals surface area contributed by atoms with Gasteiger partial charge in [-0.3, -0.25) is 0 Å². The van der Waals surface area contributed by atoms with Crippen LogP contribution in [0, 0.1) is 0 Å². The van der Waals surface area contributed by atoms with E-state index in [1.54, 1.807) is 14.2 Å². The zero-order valence-corrected chi connectivity index (χ0v) is 18.1. The fraction of sp³-hybridized carbons (Fsp3) is 0.435. The molecule has 3 aromatic rings. The first kappa shape index (κ1) is 20.2. The second-order valence-corrected chi connectivity index (χ2v) is 8.14. The number of rotatable bonds is 7. The molecule has 0 spiro atoms. The highest BCUT2D eigenvalue weighted by Gasteiger charge is 2.41. The lowest BCUT2D eigenvalue weighted by Gasteiger charge is -2.30. The van der Waals surface area contributed by atoms with Crippen LogP contribution in [0.4, 0.5) is 5.69 Å². The molecule has 0 bridgehead atoms. The lowest BCUT2D eigenvalue weighted by Crippen LogP contribution is -2.35. The van der Waals surface area contributed by atoms with Crippen molar-refractivity contribution in [3.8, 4) is 17.2 Å². The number of hydrogen-bond acceptors (Lipinski definition) is 6. The molecule has 158 valence electrons. The van der Waals surface area contributed by atoms with E-state index in [9.17, 15) is 0 Å². The summed E-state index contributed by atoms with van der Waals surface area (Å²) >= 11 is 0. The Balaban J connectivity index is 1.70. The first-order valence-corrected chi connectivity index (χ1v) is 10.5. The Morgan fingerprint density at radius 1 is 0.967 bits per heavy atom. The molecule has 0 amide bonds. The smallest absolute Gasteiger partial charge is 0.181 e. The second kappa shape index (κ2) is 8.34. The number of ether oxygens (including phenoxy) is 2. The Labute approximate surface area is 177 Å². The summed E-state index contributed by atoms with van der Waals surface area (Å²) in [6, 6.07) is 14.4. The van der Waals surface area contributed by atoms with Crippen LogP contribution in [0.1, 0.15) is 56.8 Å². The molecule has 1 heterocycles. The summed E-state index contributed by atoms with van der Waals surface area (Å²) < 4.78 is 12.7. The van der Waals surface area contributed by atoms with Gasteiger partial charge in [-0.05, 0) is 59.0 Å². The van der Waals surface area contributed by atoms with E-state index in [-0.39, 0.29) is 5.54 Å². The molecule has 1 aliphatic carbocycles. The number of nitrogens with zero attached hydrogens (tertiary/aromatic N) is 4. The molecular weight excluding hydrogens is 378 g/mol. The Bertz CT molecular complexity index is 991. The third-order valence-electron chi connectivity index (χ3n) is 5.93. The third kappa shape index (κ3) is 3.72. The molecule has 0 atom stereocenters. The fourth-order valence-corrected chi connectivity index (χ4v) is 4.23. The van der Waals surface area contributed by atoms with Crippen molar-refractivity contribution in [1.82, 2.24) is 20.2 Å². The summed E-state index contributed by atoms with van der Waals surface area (Å²) in [6.45, 7) is 4.38. The highest BCUT2D eigenvalue weighted by atomic mass is 16.5. The number of hydrogen-bond donors (Lipinski definition) is 1. The summed E-state index contributed by atoms with van der Waals surface area (Å²) in [5.74, 6) is 2.73. The zero-order valence-electron chi connectivity index (χ0n) is 18.1. The molecule has 0 radical (unpaired) electrons. The highest BCUT2D eigenvalue weighted by molar-refractivity contribution is 5.56. The van der Waals surface area contributed by atoms with Crippen molar-refractivity contribution in [2.45, 2.75) is 51.0 Å². The number of benzene rings is 2. The van der Waals surface area contributed by atoms with Gasteiger partial charge in [0.1, 0.15) is 0 Å². The monoisotopic (exact) mass is 407 g/mol. The minimum atomic E-state index is -0.334. The van der Waals surface area contributed by atoms with Gasteiger partial charge in [-0.25, -0.2) is 0 Å². The Morgan fingerprint density at radius 2 is 1.67 bits per heavy atom. The first-order valence-electron chi connectivity index (χ1n) is 10.5. The van der Waals surface area contributed by atoms with Gasteiger partial charge in [-0.15, -0.1) is 5.10 Å². The average Bonchev–Trinajstić information content (AvgIpc) is 3.44. The van der Waals surface area contributed by atoms with Gasteiger partial charge < -0.3 is 14.8 Å². The van der Waals surface area contributed by atoms with Crippen molar-refractivity contribution in [3.63, 3.8) is 0 Å². The summed E-state index contributed by atoms with van der Waals surface area (Å²) in [5.41, 5.74) is 2.89. The van der Waals surface area contributed by atoms with E-state index in [1.807, 2.05) is 22.9 Å². The van der Waals surface area contributed by atoms with E-state index in [1.165, 1.54) is 5.56 Å². The van der Waals surface area contributed by atoms with E-state index in [0.29, 0.717) is 17.4 Å². The summed E-state index contributed by atoms with van der Waals surface area (Å²) in [4.78, 5) is 0. The van der Waals surface area contributed by atoms with Crippen LogP contribution in [0.15, 0.2) is 42.5 Å². The quantitative estimate of drug-likeness (QED) is 0.613. The SMILES string of the molecule is COc1ccc(NC2(c3nnnn3-c3ccc(C(C)C)cc3)CCCC2)cc1OC. The molecule has 0 saturated heterocycles. The molecule has 1 saturated carbocycles. The van der Waals surface area contributed by atoms with Crippen LogP contribution in [0.3, 0.4) is 0 Å². The van der Waals surface area contributed by atoms with Crippen molar-refractivity contribution in [3.05, 3.63) is 53.9 Å². The Kier molecular flexibility index (Phi) is 5.61. The first-order chi connectivity index (χ1) is 14.6. The molecule has 1 aromatic heterocycles. The molecule has 1 fully saturated rings. The van der Waals surface area contributed by atoms with Gasteiger partial charge in [0.25, 0.3) is 0 Å². The predicted octanol–water partition coefficient (Wildman–Crippen LogP) is 4.68. The Morgan fingerprint density at radius 3 is 2.30 bits per heavy atom. The lowest BCUT2D eigenvalue weighted by atomic mass is 9.95. The fourth-order valence-electron chi connectivity index (χ4n) is 4.23. The minimum absolute atomic E-state index is 0.334. The number of nitrogens with one attached hydrogen (secondary N) is 1. The molecule has 2 aromatic carbocycles. The van der Waals surface area contributed by atoms with Crippen molar-refractivity contribution in [1.29, 1.82) is 0 Å². The van der Waals surface area contributed by atoms with Crippen LogP contribution < -0.4 is 14.8 Å². The predicted molar refractivity (Wildman–Crippen MR) is 117 cm³/mol. The molecule has 7 heteroatoms. The topological polar surface area (TPSA) is 74.1 Å². The molecular formula is C23H29N5O2. The van der Waals surface area contributed by atoms with Crippen molar-refractivity contribution >= 4 is 5.69 Å². The molecule has 0 unspecified atom stereocenters. The van der Waals surface area contributed by atoms with Gasteiger partial charge in [0.05, 0.1) is 25.4 Å². The van der Waals surface area contributed by atoms with Gasteiger partial charge in [-0.1, -0.05) is 38.8 Å². The normalized spacial score (nSPS) is 15.4. The molecule has 7 nitrogen and oxygen atoms in total. The number of tetrazole rings is 1. The molecule has 4 rings (SSSR count). The Hall–Kier alpha value is -3.09. The minimum Gasteiger partial charge on any atom is -0.493 e. The van der Waals surface area contributed by atoms with E-state index in [0.717, 1.165) is 42.9 Å². The second-order valence-electron chi connectivity index (χ2n) is 8.14. The third-order valence-corrected chi connectivity index (χ3v) is 5.93. The summed E-state index contributed by atoms with van der Waals surface area (Å²) in [7, 11) is 3.29. The van der Waals surface area contributed by atoms with Crippen LogP contribution >= 0.6 is 0 Å². The van der Waals surface area contributed by atoms with Gasteiger partial charge in [0.2, 0.25) is 0 Å². The van der Waals surface area contributed by atoms with E-state index in [4.69, 9.17) is 9.47 Å². The van der Waals surface area contributed by atoms with Gasteiger partial charge >= 0.3 is 0 Å². The van der Waals surface area contributed by atoms with Crippen molar-refractivity contribution in [2.75, 3.05) is 19.5 Å². The average molecular weight is 408 g/mol. The maximum Gasteiger partial charge on any atom is 0.181 e. The highest BCUT2D eigenvalue weighted by Crippen LogP contribution is 2.42. The molecule has 1 aliphatic rings. The van der Waals surface area contributed by atoms with Gasteiger partial charge in [-0.2, -0.15) is 4.68 Å². The van der Waals surface area contributed by atoms with E-state index in [2.05, 4.69) is 59.0 Å². The van der Waals surface area contributed by atoms with Crippen LogP contribution in [-0.4, -0.2) is 34.4 Å². The van der Waals surface area contributed by atoms with Crippen LogP contribution in [0.5, 0.6) is 11.5 Å². The summed E-state index contributed by atoms with van der Waals surface area (Å²) in [6.07, 6.45) is 4.18. The number of methoxy groups -OCH3 is 2. The maximum absolute atomic E-state index is 5.48. The van der Waals surface area contributed by atoms with Crippen LogP contribution in [-0.2, 0) is 5.54 Å². The molecule has 30 heavy (non-hydrogen) atoms. The summed E-state index contributed by atoms with van der Waals surface area (Å²) in [5, 5.41) is 16.5. The zero-order chi connectivity index (χ0) is 21.1.